The number of carbonyl (C=O) groups is 1. The van der Waals surface area contributed by atoms with Gasteiger partial charge >= 0.3 is 5.97 Å². The maximum absolute atomic E-state index is 11.1. The molecule has 0 spiro atoms. The minimum Gasteiger partial charge on any atom is -0.493 e. The Hall–Kier alpha value is -2.82. The first-order chi connectivity index (χ1) is 11.4. The van der Waals surface area contributed by atoms with Crippen molar-refractivity contribution in [2.45, 2.75) is 26.9 Å². The number of aliphatic imine (C=N–C) groups is 1. The van der Waals surface area contributed by atoms with Crippen LogP contribution in [0, 0.1) is 13.8 Å². The van der Waals surface area contributed by atoms with Crippen LogP contribution in [0.3, 0.4) is 0 Å². The lowest BCUT2D eigenvalue weighted by Gasteiger charge is -2.15. The highest BCUT2D eigenvalue weighted by Gasteiger charge is 2.17. The van der Waals surface area contributed by atoms with Crippen molar-refractivity contribution >= 4 is 17.9 Å². The van der Waals surface area contributed by atoms with Crippen molar-refractivity contribution in [1.82, 2.24) is 0 Å². The number of rotatable bonds is 6. The molecule has 0 saturated carbocycles. The zero-order valence-electron chi connectivity index (χ0n) is 14.2. The van der Waals surface area contributed by atoms with Gasteiger partial charge in [0, 0.05) is 11.8 Å². The molecule has 0 aliphatic heterocycles. The molecule has 0 unspecified atom stereocenters. The van der Waals surface area contributed by atoms with E-state index in [9.17, 15) is 4.79 Å². The summed E-state index contributed by atoms with van der Waals surface area (Å²) in [5, 5.41) is 9.07. The standard InChI is InChI=1S/C19H21NO4/c1-12-8-9-13(2)16(10-12)20-11-15-6-5-7-17(23-4)18(15)24-14(3)19(21)22/h5-11,14H,1-4H3,(H,21,22)/t14-/m1/s1. The second-order valence-electron chi connectivity index (χ2n) is 5.53. The molecule has 24 heavy (non-hydrogen) atoms. The minimum atomic E-state index is -1.04. The first-order valence-electron chi connectivity index (χ1n) is 7.60. The molecular formula is C19H21NO4. The number of methoxy groups -OCH3 is 1. The van der Waals surface area contributed by atoms with E-state index in [0.717, 1.165) is 16.8 Å². The molecule has 0 aliphatic rings. The zero-order chi connectivity index (χ0) is 17.7. The Labute approximate surface area is 141 Å². The number of benzene rings is 2. The summed E-state index contributed by atoms with van der Waals surface area (Å²) >= 11 is 0. The van der Waals surface area contributed by atoms with E-state index in [-0.39, 0.29) is 0 Å². The molecule has 0 radical (unpaired) electrons. The molecule has 1 N–H and O–H groups in total. The Kier molecular flexibility index (Phi) is 5.58. The number of ether oxygens (including phenoxy) is 2. The lowest BCUT2D eigenvalue weighted by molar-refractivity contribution is -0.144. The van der Waals surface area contributed by atoms with Crippen molar-refractivity contribution in [2.75, 3.05) is 7.11 Å². The minimum absolute atomic E-state index is 0.365. The van der Waals surface area contributed by atoms with E-state index < -0.39 is 12.1 Å². The lowest BCUT2D eigenvalue weighted by atomic mass is 10.1. The van der Waals surface area contributed by atoms with Gasteiger partial charge in [-0.1, -0.05) is 18.2 Å². The molecule has 0 amide bonds. The average molecular weight is 327 g/mol. The van der Waals surface area contributed by atoms with Gasteiger partial charge in [-0.3, -0.25) is 4.99 Å². The Morgan fingerprint density at radius 1 is 1.25 bits per heavy atom. The van der Waals surface area contributed by atoms with Gasteiger partial charge in [0.25, 0.3) is 0 Å². The van der Waals surface area contributed by atoms with Gasteiger partial charge in [-0.05, 0) is 50.1 Å². The van der Waals surface area contributed by atoms with Crippen molar-refractivity contribution in [3.8, 4) is 11.5 Å². The Morgan fingerprint density at radius 3 is 2.67 bits per heavy atom. The third-order valence-electron chi connectivity index (χ3n) is 3.58. The Bertz CT molecular complexity index is 768. The first kappa shape index (κ1) is 17.5. The van der Waals surface area contributed by atoms with Gasteiger partial charge in [0.1, 0.15) is 0 Å². The average Bonchev–Trinajstić information content (AvgIpc) is 2.56. The third kappa shape index (κ3) is 4.13. The third-order valence-corrected chi connectivity index (χ3v) is 3.58. The van der Waals surface area contributed by atoms with Crippen molar-refractivity contribution < 1.29 is 19.4 Å². The fraction of sp³-hybridized carbons (Fsp3) is 0.263. The highest BCUT2D eigenvalue weighted by atomic mass is 16.5. The highest BCUT2D eigenvalue weighted by Crippen LogP contribution is 2.31. The van der Waals surface area contributed by atoms with Gasteiger partial charge < -0.3 is 14.6 Å². The van der Waals surface area contributed by atoms with Gasteiger partial charge in [0.15, 0.2) is 17.6 Å². The molecule has 126 valence electrons. The molecule has 0 saturated heterocycles. The van der Waals surface area contributed by atoms with Crippen molar-refractivity contribution in [3.05, 3.63) is 53.1 Å². The molecule has 0 heterocycles. The molecule has 0 aromatic heterocycles. The summed E-state index contributed by atoms with van der Waals surface area (Å²) in [6.07, 6.45) is 0.669. The molecule has 2 rings (SSSR count). The van der Waals surface area contributed by atoms with Crippen LogP contribution < -0.4 is 9.47 Å². The van der Waals surface area contributed by atoms with E-state index in [2.05, 4.69) is 4.99 Å². The predicted octanol–water partition coefficient (Wildman–Crippen LogP) is 3.91. The number of hydrogen-bond donors (Lipinski definition) is 1. The van der Waals surface area contributed by atoms with Crippen LogP contribution in [0.1, 0.15) is 23.6 Å². The topological polar surface area (TPSA) is 68.1 Å². The van der Waals surface area contributed by atoms with Crippen LogP contribution in [-0.4, -0.2) is 30.5 Å². The number of carboxylic acids is 1. The SMILES string of the molecule is COc1cccc(C=Nc2cc(C)ccc2C)c1O[C@H](C)C(=O)O. The van der Waals surface area contributed by atoms with Crippen LogP contribution >= 0.6 is 0 Å². The van der Waals surface area contributed by atoms with Gasteiger partial charge in [-0.15, -0.1) is 0 Å². The van der Waals surface area contributed by atoms with Crippen LogP contribution in [0.15, 0.2) is 41.4 Å². The lowest BCUT2D eigenvalue weighted by Crippen LogP contribution is -2.23. The van der Waals surface area contributed by atoms with Crippen LogP contribution in [0.4, 0.5) is 5.69 Å². The second-order valence-corrected chi connectivity index (χ2v) is 5.53. The summed E-state index contributed by atoms with van der Waals surface area (Å²) < 4.78 is 10.8. The number of carboxylic acid groups (broad SMARTS) is 1. The molecule has 2 aromatic carbocycles. The summed E-state index contributed by atoms with van der Waals surface area (Å²) in [5.41, 5.74) is 3.69. The maximum atomic E-state index is 11.1. The maximum Gasteiger partial charge on any atom is 0.344 e. The van der Waals surface area contributed by atoms with Crippen LogP contribution in [-0.2, 0) is 4.79 Å². The highest BCUT2D eigenvalue weighted by molar-refractivity contribution is 5.87. The molecule has 5 nitrogen and oxygen atoms in total. The van der Waals surface area contributed by atoms with Crippen LogP contribution in [0.5, 0.6) is 11.5 Å². The van der Waals surface area contributed by atoms with Crippen molar-refractivity contribution in [3.63, 3.8) is 0 Å². The summed E-state index contributed by atoms with van der Waals surface area (Å²) in [7, 11) is 1.51. The van der Waals surface area contributed by atoms with Gasteiger partial charge in [-0.2, -0.15) is 0 Å². The van der Waals surface area contributed by atoms with E-state index >= 15 is 0 Å². The Balaban J connectivity index is 2.40. The Morgan fingerprint density at radius 2 is 2.00 bits per heavy atom. The number of aryl methyl sites for hydroxylation is 2. The molecule has 0 bridgehead atoms. The predicted molar refractivity (Wildman–Crippen MR) is 93.9 cm³/mol. The van der Waals surface area contributed by atoms with Gasteiger partial charge in [-0.25, -0.2) is 4.79 Å². The van der Waals surface area contributed by atoms with Gasteiger partial charge in [0.2, 0.25) is 0 Å². The normalized spacial score (nSPS) is 12.2. The fourth-order valence-electron chi connectivity index (χ4n) is 2.15. The second kappa shape index (κ2) is 7.64. The van der Waals surface area contributed by atoms with Crippen molar-refractivity contribution in [2.24, 2.45) is 4.99 Å². The summed E-state index contributed by atoms with van der Waals surface area (Å²) in [6, 6.07) is 11.4. The first-order valence-corrected chi connectivity index (χ1v) is 7.60. The van der Waals surface area contributed by atoms with Crippen LogP contribution in [0.2, 0.25) is 0 Å². The number of nitrogens with zero attached hydrogens (tertiary/aromatic N) is 1. The molecule has 0 fully saturated rings. The molecule has 0 aliphatic carbocycles. The smallest absolute Gasteiger partial charge is 0.344 e. The summed E-state index contributed by atoms with van der Waals surface area (Å²) in [5.74, 6) is -0.213. The summed E-state index contributed by atoms with van der Waals surface area (Å²) in [4.78, 5) is 15.6. The van der Waals surface area contributed by atoms with E-state index in [1.165, 1.54) is 14.0 Å². The number of hydrogen-bond acceptors (Lipinski definition) is 4. The van der Waals surface area contributed by atoms with E-state index in [0.29, 0.717) is 17.1 Å². The monoisotopic (exact) mass is 327 g/mol. The van der Waals surface area contributed by atoms with Crippen molar-refractivity contribution in [1.29, 1.82) is 0 Å². The quantitative estimate of drug-likeness (QED) is 0.817. The van der Waals surface area contributed by atoms with E-state index in [1.54, 1.807) is 18.3 Å². The largest absolute Gasteiger partial charge is 0.493 e. The molecule has 5 heteroatoms. The number of para-hydroxylation sites is 1. The van der Waals surface area contributed by atoms with E-state index in [4.69, 9.17) is 14.6 Å². The number of aliphatic carboxylic acids is 1. The van der Waals surface area contributed by atoms with E-state index in [1.807, 2.05) is 38.1 Å². The fourth-order valence-corrected chi connectivity index (χ4v) is 2.15. The van der Waals surface area contributed by atoms with Gasteiger partial charge in [0.05, 0.1) is 12.8 Å². The molecule has 2 aromatic rings. The summed E-state index contributed by atoms with van der Waals surface area (Å²) in [6.45, 7) is 5.47. The molecular weight excluding hydrogens is 306 g/mol. The van der Waals surface area contributed by atoms with Crippen LogP contribution in [0.25, 0.3) is 0 Å². The zero-order valence-corrected chi connectivity index (χ0v) is 14.2. The molecule has 1 atom stereocenters.